The van der Waals surface area contributed by atoms with Crippen molar-refractivity contribution in [2.75, 3.05) is 57.0 Å². The Morgan fingerprint density at radius 2 is 1.66 bits per heavy atom. The summed E-state index contributed by atoms with van der Waals surface area (Å²) in [5.74, 6) is -2.49. The molecule has 0 unspecified atom stereocenters. The van der Waals surface area contributed by atoms with E-state index in [0.29, 0.717) is 60.4 Å². The molecule has 3 amide bonds. The number of fused-ring (bicyclic) bond motifs is 1. The molecule has 2 N–H and O–H groups in total. The van der Waals surface area contributed by atoms with Gasteiger partial charge in [0, 0.05) is 35.8 Å². The van der Waals surface area contributed by atoms with Gasteiger partial charge in [-0.1, -0.05) is 23.7 Å². The number of aryl methyl sites for hydroxylation is 1. The first-order valence-electron chi connectivity index (χ1n) is 16.2. The van der Waals surface area contributed by atoms with Gasteiger partial charge in [-0.05, 0) is 86.0 Å². The van der Waals surface area contributed by atoms with E-state index in [2.05, 4.69) is 5.32 Å². The number of carbonyl (C=O) groups excluding carboxylic acids is 4. The van der Waals surface area contributed by atoms with Crippen molar-refractivity contribution in [3.8, 4) is 0 Å². The summed E-state index contributed by atoms with van der Waals surface area (Å²) in [6, 6.07) is 16.4. The van der Waals surface area contributed by atoms with Gasteiger partial charge in [0.2, 0.25) is 6.29 Å². The largest absolute Gasteiger partial charge is 0.465 e. The molecule has 0 bridgehead atoms. The maximum atomic E-state index is 13.7. The molecule has 3 aromatic rings. The van der Waals surface area contributed by atoms with Crippen LogP contribution in [0, 0.1) is 12.8 Å². The average molecular weight is 707 g/mol. The highest BCUT2D eigenvalue weighted by Crippen LogP contribution is 2.39. The van der Waals surface area contributed by atoms with Gasteiger partial charge in [-0.25, -0.2) is 9.69 Å². The number of ether oxygens (including phenoxy) is 5. The van der Waals surface area contributed by atoms with Crippen LogP contribution in [-0.4, -0.2) is 81.8 Å². The molecule has 0 aliphatic carbocycles. The Bertz CT molecular complexity index is 1760. The molecule has 0 saturated carbocycles. The van der Waals surface area contributed by atoms with E-state index in [0.717, 1.165) is 10.5 Å². The van der Waals surface area contributed by atoms with Gasteiger partial charge in [0.05, 0.1) is 55.9 Å². The number of carbonyl (C=O) groups is 4. The molecule has 5 rings (SSSR count). The Morgan fingerprint density at radius 3 is 2.34 bits per heavy atom. The number of aliphatic hydroxyl groups is 1. The van der Waals surface area contributed by atoms with Crippen LogP contribution in [0.4, 0.5) is 11.4 Å². The second-order valence-corrected chi connectivity index (χ2v) is 12.0. The molecule has 2 aliphatic rings. The minimum atomic E-state index is -0.795. The lowest BCUT2D eigenvalue weighted by atomic mass is 9.81. The standard InChI is InChI=1S/C37H39ClN2O10/c1-4-49-37-28(13-15-47-17-18-48-16-14-41)29(23-5-7-24(8-6-23)36(45)46-3)21-32(50-37)33(42)39-26-10-12-31(22(2)19-26)40-34(43)27-11-9-25(38)20-30(27)35(40)44/h5-12,19-21,28-29,37,41H,4,13-18H2,1-3H3,(H,39,42)/t28-,29+,37+/m1/s1. The van der Waals surface area contributed by atoms with Gasteiger partial charge in [0.1, 0.15) is 0 Å². The van der Waals surface area contributed by atoms with E-state index < -0.39 is 30.0 Å². The van der Waals surface area contributed by atoms with E-state index in [9.17, 15) is 19.2 Å². The van der Waals surface area contributed by atoms with Crippen molar-refractivity contribution < 1.29 is 48.0 Å². The number of esters is 1. The maximum absolute atomic E-state index is 13.7. The number of halogens is 1. The van der Waals surface area contributed by atoms with E-state index in [1.807, 2.05) is 19.1 Å². The predicted octanol–water partition coefficient (Wildman–Crippen LogP) is 5.27. The van der Waals surface area contributed by atoms with Crippen molar-refractivity contribution in [2.45, 2.75) is 32.5 Å². The summed E-state index contributed by atoms with van der Waals surface area (Å²) in [6.07, 6.45) is 1.46. The number of hydrogen-bond donors (Lipinski definition) is 2. The Hall–Kier alpha value is -4.59. The van der Waals surface area contributed by atoms with Crippen LogP contribution in [0.3, 0.4) is 0 Å². The molecule has 50 heavy (non-hydrogen) atoms. The molecular formula is C37H39ClN2O10. The van der Waals surface area contributed by atoms with Crippen LogP contribution < -0.4 is 10.2 Å². The first-order chi connectivity index (χ1) is 24.2. The van der Waals surface area contributed by atoms with Gasteiger partial charge in [0.25, 0.3) is 17.7 Å². The SMILES string of the molecule is CCO[C@H]1OC(C(=O)Nc2ccc(N3C(=O)c4ccc(Cl)cc4C3=O)c(C)c2)=C[C@@H](c2ccc(C(=O)OC)cc2)[C@H]1CCOCCOCCO. The van der Waals surface area contributed by atoms with Gasteiger partial charge >= 0.3 is 5.97 Å². The zero-order chi connectivity index (χ0) is 35.8. The van der Waals surface area contributed by atoms with E-state index in [1.54, 1.807) is 49.4 Å². The predicted molar refractivity (Wildman–Crippen MR) is 184 cm³/mol. The van der Waals surface area contributed by atoms with Crippen molar-refractivity contribution in [3.63, 3.8) is 0 Å². The smallest absolute Gasteiger partial charge is 0.337 e. The number of imide groups is 1. The zero-order valence-electron chi connectivity index (χ0n) is 28.0. The molecule has 0 fully saturated rings. The molecule has 13 heteroatoms. The van der Waals surface area contributed by atoms with Gasteiger partial charge < -0.3 is 34.1 Å². The summed E-state index contributed by atoms with van der Waals surface area (Å²) < 4.78 is 28.1. The Kier molecular flexibility index (Phi) is 12.4. The van der Waals surface area contributed by atoms with Gasteiger partial charge in [-0.3, -0.25) is 14.4 Å². The summed E-state index contributed by atoms with van der Waals surface area (Å²) in [4.78, 5) is 53.1. The van der Waals surface area contributed by atoms with Crippen molar-refractivity contribution in [1.29, 1.82) is 0 Å². The van der Waals surface area contributed by atoms with E-state index in [1.165, 1.54) is 19.2 Å². The van der Waals surface area contributed by atoms with Gasteiger partial charge in [0.15, 0.2) is 5.76 Å². The summed E-state index contributed by atoms with van der Waals surface area (Å²) in [6.45, 7) is 5.11. The fourth-order valence-electron chi connectivity index (χ4n) is 5.99. The van der Waals surface area contributed by atoms with Crippen LogP contribution >= 0.6 is 11.6 Å². The van der Waals surface area contributed by atoms with Crippen LogP contribution in [0.2, 0.25) is 5.02 Å². The molecule has 0 aromatic heterocycles. The lowest BCUT2D eigenvalue weighted by Gasteiger charge is -2.37. The Labute approximate surface area is 294 Å². The summed E-state index contributed by atoms with van der Waals surface area (Å²) >= 11 is 6.07. The lowest BCUT2D eigenvalue weighted by molar-refractivity contribution is -0.166. The van der Waals surface area contributed by atoms with Gasteiger partial charge in [-0.2, -0.15) is 0 Å². The lowest BCUT2D eigenvalue weighted by Crippen LogP contribution is -2.38. The highest BCUT2D eigenvalue weighted by Gasteiger charge is 2.39. The fraction of sp³-hybridized carbons (Fsp3) is 0.351. The number of benzene rings is 3. The molecular weight excluding hydrogens is 668 g/mol. The third-order valence-corrected chi connectivity index (χ3v) is 8.64. The number of nitrogens with one attached hydrogen (secondary N) is 1. The maximum Gasteiger partial charge on any atom is 0.337 e. The Morgan fingerprint density at radius 1 is 0.940 bits per heavy atom. The molecule has 264 valence electrons. The quantitative estimate of drug-likeness (QED) is 0.122. The van der Waals surface area contributed by atoms with Crippen molar-refractivity contribution in [1.82, 2.24) is 0 Å². The normalized spacial score (nSPS) is 18.4. The highest BCUT2D eigenvalue weighted by molar-refractivity contribution is 6.37. The van der Waals surface area contributed by atoms with Crippen LogP contribution in [0.25, 0.3) is 0 Å². The number of methoxy groups -OCH3 is 1. The topological polar surface area (TPSA) is 150 Å². The van der Waals surface area contributed by atoms with Crippen LogP contribution in [0.5, 0.6) is 0 Å². The number of anilines is 2. The monoisotopic (exact) mass is 706 g/mol. The number of amides is 3. The third kappa shape index (κ3) is 8.23. The van der Waals surface area contributed by atoms with Crippen LogP contribution in [0.15, 0.2) is 72.5 Å². The number of rotatable bonds is 15. The van der Waals surface area contributed by atoms with Crippen LogP contribution in [0.1, 0.15) is 61.5 Å². The average Bonchev–Trinajstić information content (AvgIpc) is 3.35. The number of nitrogens with zero attached hydrogens (tertiary/aromatic N) is 1. The van der Waals surface area contributed by atoms with E-state index in [4.69, 9.17) is 40.4 Å². The first-order valence-corrected chi connectivity index (χ1v) is 16.6. The zero-order valence-corrected chi connectivity index (χ0v) is 28.7. The first kappa shape index (κ1) is 36.7. The summed E-state index contributed by atoms with van der Waals surface area (Å²) in [7, 11) is 1.32. The van der Waals surface area contributed by atoms with Crippen LogP contribution in [-0.2, 0) is 28.5 Å². The second kappa shape index (κ2) is 16.9. The molecule has 2 heterocycles. The van der Waals surface area contributed by atoms with E-state index in [-0.39, 0.29) is 41.9 Å². The molecule has 0 spiro atoms. The second-order valence-electron chi connectivity index (χ2n) is 11.6. The molecule has 12 nitrogen and oxygen atoms in total. The molecule has 3 atom stereocenters. The minimum Gasteiger partial charge on any atom is -0.465 e. The van der Waals surface area contributed by atoms with E-state index >= 15 is 0 Å². The Balaban J connectivity index is 1.36. The number of allylic oxidation sites excluding steroid dienone is 1. The molecule has 3 aromatic carbocycles. The summed E-state index contributed by atoms with van der Waals surface area (Å²) in [5.41, 5.74) is 3.11. The molecule has 2 aliphatic heterocycles. The molecule has 0 radical (unpaired) electrons. The third-order valence-electron chi connectivity index (χ3n) is 8.40. The minimum absolute atomic E-state index is 0.0408. The summed E-state index contributed by atoms with van der Waals surface area (Å²) in [5, 5.41) is 12.1. The molecule has 0 saturated heterocycles. The number of aliphatic hydroxyl groups excluding tert-OH is 1. The number of hydrogen-bond acceptors (Lipinski definition) is 10. The highest BCUT2D eigenvalue weighted by atomic mass is 35.5. The van der Waals surface area contributed by atoms with Crippen molar-refractivity contribution >= 4 is 46.7 Å². The van der Waals surface area contributed by atoms with Gasteiger partial charge in [-0.15, -0.1) is 0 Å². The van der Waals surface area contributed by atoms with Crippen molar-refractivity contribution in [2.24, 2.45) is 5.92 Å². The fourth-order valence-corrected chi connectivity index (χ4v) is 6.16. The van der Waals surface area contributed by atoms with Crippen molar-refractivity contribution in [3.05, 3.63) is 105 Å².